The molecule has 5 nitrogen and oxygen atoms in total. The van der Waals surface area contributed by atoms with Crippen molar-refractivity contribution in [3.05, 3.63) is 21.9 Å². The van der Waals surface area contributed by atoms with Gasteiger partial charge in [-0.05, 0) is 31.7 Å². The molecule has 2 amide bonds. The largest absolute Gasteiger partial charge is 0.383 e. The molecule has 0 radical (unpaired) electrons. The third-order valence-corrected chi connectivity index (χ3v) is 6.36. The predicted molar refractivity (Wildman–Crippen MR) is 94.3 cm³/mol. The van der Waals surface area contributed by atoms with Gasteiger partial charge in [-0.3, -0.25) is 9.59 Å². The van der Waals surface area contributed by atoms with Gasteiger partial charge in [0.1, 0.15) is 0 Å². The first kappa shape index (κ1) is 17.4. The minimum Gasteiger partial charge on any atom is -0.383 e. The summed E-state index contributed by atoms with van der Waals surface area (Å²) in [5.41, 5.74) is 0.402. The molecule has 1 atom stereocenters. The fraction of sp³-hybridized carbons (Fsp3) is 0.667. The predicted octanol–water partition coefficient (Wildman–Crippen LogP) is 2.41. The van der Waals surface area contributed by atoms with Gasteiger partial charge < -0.3 is 14.5 Å². The maximum Gasteiger partial charge on any atom is 0.254 e. The van der Waals surface area contributed by atoms with Crippen LogP contribution in [0.15, 0.2) is 11.4 Å². The third kappa shape index (κ3) is 3.22. The van der Waals surface area contributed by atoms with Gasteiger partial charge in [0.25, 0.3) is 5.91 Å². The highest BCUT2D eigenvalue weighted by Crippen LogP contribution is 2.40. The maximum absolute atomic E-state index is 12.9. The minimum absolute atomic E-state index is 0.0737. The van der Waals surface area contributed by atoms with Crippen LogP contribution in [0, 0.1) is 5.41 Å². The van der Waals surface area contributed by atoms with Crippen molar-refractivity contribution < 1.29 is 14.3 Å². The molecule has 0 saturated carbocycles. The number of aryl methyl sites for hydroxylation is 1. The number of amides is 2. The molecular formula is C18H26N2O3S. The van der Waals surface area contributed by atoms with E-state index in [2.05, 4.69) is 6.92 Å². The van der Waals surface area contributed by atoms with Crippen molar-refractivity contribution >= 4 is 23.2 Å². The number of thiophene rings is 1. The monoisotopic (exact) mass is 350 g/mol. The summed E-state index contributed by atoms with van der Waals surface area (Å²) >= 11 is 1.64. The first-order valence-electron chi connectivity index (χ1n) is 8.74. The topological polar surface area (TPSA) is 49.9 Å². The van der Waals surface area contributed by atoms with Crippen LogP contribution in [0.25, 0.3) is 0 Å². The molecule has 2 aliphatic rings. The van der Waals surface area contributed by atoms with E-state index in [1.54, 1.807) is 18.4 Å². The summed E-state index contributed by atoms with van der Waals surface area (Å²) in [6.45, 7) is 5.36. The van der Waals surface area contributed by atoms with E-state index in [1.165, 1.54) is 4.88 Å². The Morgan fingerprint density at radius 1 is 1.38 bits per heavy atom. The number of methoxy groups -OCH3 is 1. The van der Waals surface area contributed by atoms with Gasteiger partial charge in [-0.2, -0.15) is 0 Å². The zero-order valence-electron chi connectivity index (χ0n) is 14.5. The number of carbonyl (C=O) groups is 2. The fourth-order valence-corrected chi connectivity index (χ4v) is 4.66. The number of piperidine rings is 1. The number of likely N-dealkylation sites (tertiary alicyclic amines) is 2. The van der Waals surface area contributed by atoms with Crippen molar-refractivity contribution in [1.29, 1.82) is 0 Å². The lowest BCUT2D eigenvalue weighted by Crippen LogP contribution is -2.51. The first-order valence-corrected chi connectivity index (χ1v) is 9.62. The summed E-state index contributed by atoms with van der Waals surface area (Å²) in [6, 6.07) is 1.99. The number of carbonyl (C=O) groups excluding carboxylic acids is 2. The van der Waals surface area contributed by atoms with Crippen LogP contribution < -0.4 is 0 Å². The average Bonchev–Trinajstić information content (AvgIpc) is 3.24. The van der Waals surface area contributed by atoms with Gasteiger partial charge in [0.05, 0.1) is 17.6 Å². The van der Waals surface area contributed by atoms with E-state index in [1.807, 2.05) is 21.2 Å². The van der Waals surface area contributed by atoms with Crippen molar-refractivity contribution in [3.8, 4) is 0 Å². The van der Waals surface area contributed by atoms with E-state index in [0.29, 0.717) is 26.2 Å². The number of hydrogen-bond acceptors (Lipinski definition) is 4. The molecular weight excluding hydrogens is 324 g/mol. The van der Waals surface area contributed by atoms with Gasteiger partial charge in [-0.15, -0.1) is 11.3 Å². The Hall–Kier alpha value is -1.40. The molecule has 3 heterocycles. The molecule has 0 aromatic carbocycles. The summed E-state index contributed by atoms with van der Waals surface area (Å²) in [4.78, 5) is 30.7. The summed E-state index contributed by atoms with van der Waals surface area (Å²) in [7, 11) is 1.66. The summed E-state index contributed by atoms with van der Waals surface area (Å²) in [6.07, 6.45) is 3.64. The van der Waals surface area contributed by atoms with Crippen LogP contribution in [-0.4, -0.2) is 61.5 Å². The van der Waals surface area contributed by atoms with Crippen molar-refractivity contribution in [2.45, 2.75) is 32.6 Å². The highest BCUT2D eigenvalue weighted by molar-refractivity contribution is 7.10. The van der Waals surface area contributed by atoms with Crippen molar-refractivity contribution in [3.63, 3.8) is 0 Å². The van der Waals surface area contributed by atoms with E-state index in [9.17, 15) is 9.59 Å². The molecule has 0 aliphatic carbocycles. The lowest BCUT2D eigenvalue weighted by Gasteiger charge is -2.39. The molecule has 24 heavy (non-hydrogen) atoms. The molecule has 132 valence electrons. The second kappa shape index (κ2) is 7.23. The van der Waals surface area contributed by atoms with E-state index >= 15 is 0 Å². The van der Waals surface area contributed by atoms with Crippen molar-refractivity contribution in [2.24, 2.45) is 5.41 Å². The number of rotatable bonds is 5. The normalized spacial score (nSPS) is 24.2. The van der Waals surface area contributed by atoms with Crippen LogP contribution in [0.3, 0.4) is 0 Å². The molecule has 1 aromatic heterocycles. The van der Waals surface area contributed by atoms with Crippen LogP contribution >= 0.6 is 11.3 Å². The Bertz CT molecular complexity index is 615. The fourth-order valence-electron chi connectivity index (χ4n) is 3.85. The zero-order chi connectivity index (χ0) is 17.2. The van der Waals surface area contributed by atoms with E-state index < -0.39 is 0 Å². The number of ether oxygens (including phenoxy) is 1. The van der Waals surface area contributed by atoms with Gasteiger partial charge in [0.2, 0.25) is 5.91 Å². The van der Waals surface area contributed by atoms with E-state index in [-0.39, 0.29) is 17.2 Å². The summed E-state index contributed by atoms with van der Waals surface area (Å²) in [5.74, 6) is 0.283. The number of nitrogens with zero attached hydrogens (tertiary/aromatic N) is 2. The van der Waals surface area contributed by atoms with Crippen molar-refractivity contribution in [1.82, 2.24) is 9.80 Å². The Kier molecular flexibility index (Phi) is 5.25. The third-order valence-electron chi connectivity index (χ3n) is 5.28. The summed E-state index contributed by atoms with van der Waals surface area (Å²) in [5, 5.41) is 1.94. The van der Waals surface area contributed by atoms with E-state index in [0.717, 1.165) is 37.8 Å². The van der Waals surface area contributed by atoms with Crippen molar-refractivity contribution in [2.75, 3.05) is 39.9 Å². The number of hydrogen-bond donors (Lipinski definition) is 0. The Balaban J connectivity index is 1.69. The Labute approximate surface area is 147 Å². The molecule has 1 spiro atoms. The highest BCUT2D eigenvalue weighted by atomic mass is 32.1. The van der Waals surface area contributed by atoms with Gasteiger partial charge in [0, 0.05) is 43.5 Å². The molecule has 6 heteroatoms. The Morgan fingerprint density at radius 3 is 2.92 bits per heavy atom. The van der Waals surface area contributed by atoms with Crippen LogP contribution in [0.4, 0.5) is 0 Å². The van der Waals surface area contributed by atoms with E-state index in [4.69, 9.17) is 4.74 Å². The SMILES string of the molecule is CCc1cc(C(=O)N2CC[C@]3(CCCN(CCOC)C3=O)C2)cs1. The second-order valence-electron chi connectivity index (χ2n) is 6.80. The maximum atomic E-state index is 12.9. The van der Waals surface area contributed by atoms with Gasteiger partial charge in [-0.25, -0.2) is 0 Å². The lowest BCUT2D eigenvalue weighted by molar-refractivity contribution is -0.146. The lowest BCUT2D eigenvalue weighted by atomic mass is 9.78. The summed E-state index contributed by atoms with van der Waals surface area (Å²) < 4.78 is 5.12. The molecule has 3 rings (SSSR count). The Morgan fingerprint density at radius 2 is 2.21 bits per heavy atom. The van der Waals surface area contributed by atoms with Crippen LogP contribution in [-0.2, 0) is 16.0 Å². The van der Waals surface area contributed by atoms with Gasteiger partial charge in [-0.1, -0.05) is 6.92 Å². The average molecular weight is 350 g/mol. The molecule has 0 N–H and O–H groups in total. The standard InChI is InChI=1S/C18H26N2O3S/c1-3-15-11-14(12-24-15)16(21)20-8-6-18(13-20)5-4-7-19(17(18)22)9-10-23-2/h11-12H,3-10,13H2,1-2H3/t18-/m1/s1. The quantitative estimate of drug-likeness (QED) is 0.819. The molecule has 2 aliphatic heterocycles. The van der Waals surface area contributed by atoms with Crippen LogP contribution in [0.5, 0.6) is 0 Å². The smallest absolute Gasteiger partial charge is 0.254 e. The molecule has 2 saturated heterocycles. The molecule has 0 unspecified atom stereocenters. The molecule has 1 aromatic rings. The molecule has 0 bridgehead atoms. The minimum atomic E-state index is -0.370. The first-order chi connectivity index (χ1) is 11.6. The molecule has 2 fully saturated rings. The van der Waals surface area contributed by atoms with Crippen LogP contribution in [0.1, 0.15) is 41.4 Å². The van der Waals surface area contributed by atoms with Gasteiger partial charge in [0.15, 0.2) is 0 Å². The zero-order valence-corrected chi connectivity index (χ0v) is 15.4. The second-order valence-corrected chi connectivity index (χ2v) is 7.80. The highest BCUT2D eigenvalue weighted by Gasteiger charge is 2.49. The van der Waals surface area contributed by atoms with Gasteiger partial charge >= 0.3 is 0 Å². The van der Waals surface area contributed by atoms with Crippen LogP contribution in [0.2, 0.25) is 0 Å².